The van der Waals surface area contributed by atoms with Gasteiger partial charge in [-0.2, -0.15) is 10.2 Å². The fourth-order valence-electron chi connectivity index (χ4n) is 3.41. The van der Waals surface area contributed by atoms with Crippen LogP contribution in [0.25, 0.3) is 5.69 Å². The molecule has 1 N–H and O–H groups in total. The molecule has 7 nitrogen and oxygen atoms in total. The number of nitrogens with one attached hydrogen (secondary N) is 1. The zero-order valence-electron chi connectivity index (χ0n) is 18.7. The van der Waals surface area contributed by atoms with Crippen molar-refractivity contribution in [3.63, 3.8) is 0 Å². The van der Waals surface area contributed by atoms with E-state index in [1.54, 1.807) is 23.9 Å². The standard InChI is InChI=1S/C22H30FN7.HI/c1-16(2)21-17(15-29(5)27-21)14-28(4)22(24-3)25-12-10-19-11-13-30(26-19)20-8-6-18(23)7-9-20;/h6-9,11,13,15-16H,10,12,14H2,1-5H3,(H,24,25);1H. The molecule has 0 aliphatic heterocycles. The Bertz CT molecular complexity index is 992. The zero-order valence-corrected chi connectivity index (χ0v) is 21.0. The van der Waals surface area contributed by atoms with Gasteiger partial charge in [0, 0.05) is 58.6 Å². The van der Waals surface area contributed by atoms with E-state index in [0.717, 1.165) is 36.0 Å². The van der Waals surface area contributed by atoms with Crippen molar-refractivity contribution in [3.8, 4) is 5.69 Å². The summed E-state index contributed by atoms with van der Waals surface area (Å²) in [7, 11) is 5.76. The van der Waals surface area contributed by atoms with Crippen LogP contribution in [0.5, 0.6) is 0 Å². The molecule has 2 heterocycles. The molecular formula is C22H31FIN7. The molecule has 31 heavy (non-hydrogen) atoms. The fraction of sp³-hybridized carbons (Fsp3) is 0.409. The normalized spacial score (nSPS) is 11.5. The molecule has 9 heteroatoms. The van der Waals surface area contributed by atoms with Gasteiger partial charge in [0.25, 0.3) is 0 Å². The van der Waals surface area contributed by atoms with E-state index in [-0.39, 0.29) is 29.8 Å². The van der Waals surface area contributed by atoms with Gasteiger partial charge >= 0.3 is 0 Å². The van der Waals surface area contributed by atoms with Crippen LogP contribution in [0.1, 0.15) is 36.7 Å². The summed E-state index contributed by atoms with van der Waals surface area (Å²) in [5.41, 5.74) is 4.12. The van der Waals surface area contributed by atoms with Gasteiger partial charge in [-0.1, -0.05) is 13.8 Å². The molecular weight excluding hydrogens is 508 g/mol. The van der Waals surface area contributed by atoms with E-state index in [4.69, 9.17) is 0 Å². The second-order valence-corrected chi connectivity index (χ2v) is 7.68. The monoisotopic (exact) mass is 539 g/mol. The minimum absolute atomic E-state index is 0. The van der Waals surface area contributed by atoms with E-state index >= 15 is 0 Å². The second kappa shape index (κ2) is 11.3. The van der Waals surface area contributed by atoms with E-state index in [1.807, 2.05) is 31.0 Å². The molecule has 1 aromatic carbocycles. The first-order valence-corrected chi connectivity index (χ1v) is 10.1. The Morgan fingerprint density at radius 3 is 2.55 bits per heavy atom. The van der Waals surface area contributed by atoms with Crippen molar-refractivity contribution in [3.05, 3.63) is 65.5 Å². The smallest absolute Gasteiger partial charge is 0.193 e. The van der Waals surface area contributed by atoms with Crippen LogP contribution in [0.15, 0.2) is 47.7 Å². The number of guanidine groups is 1. The van der Waals surface area contributed by atoms with Crippen molar-refractivity contribution < 1.29 is 4.39 Å². The van der Waals surface area contributed by atoms with Gasteiger partial charge in [0.2, 0.25) is 0 Å². The first kappa shape index (κ1) is 24.8. The van der Waals surface area contributed by atoms with Crippen LogP contribution in [0.4, 0.5) is 4.39 Å². The lowest BCUT2D eigenvalue weighted by Crippen LogP contribution is -2.39. The van der Waals surface area contributed by atoms with Crippen molar-refractivity contribution in [2.45, 2.75) is 32.7 Å². The van der Waals surface area contributed by atoms with E-state index in [2.05, 4.69) is 45.5 Å². The van der Waals surface area contributed by atoms with Gasteiger partial charge in [-0.3, -0.25) is 9.67 Å². The van der Waals surface area contributed by atoms with Crippen molar-refractivity contribution in [2.24, 2.45) is 12.0 Å². The summed E-state index contributed by atoms with van der Waals surface area (Å²) >= 11 is 0. The average Bonchev–Trinajstić information content (AvgIpc) is 3.32. The molecule has 168 valence electrons. The molecule has 0 fully saturated rings. The highest BCUT2D eigenvalue weighted by atomic mass is 127. The topological polar surface area (TPSA) is 63.3 Å². The number of aryl methyl sites for hydroxylation is 1. The first-order chi connectivity index (χ1) is 14.4. The third kappa shape index (κ3) is 6.52. The van der Waals surface area contributed by atoms with Gasteiger partial charge in [-0.25, -0.2) is 9.07 Å². The molecule has 0 radical (unpaired) electrons. The van der Waals surface area contributed by atoms with E-state index in [1.165, 1.54) is 17.7 Å². The summed E-state index contributed by atoms with van der Waals surface area (Å²) in [5, 5.41) is 12.5. The number of nitrogens with zero attached hydrogens (tertiary/aromatic N) is 6. The second-order valence-electron chi connectivity index (χ2n) is 7.68. The maximum Gasteiger partial charge on any atom is 0.193 e. The molecule has 3 rings (SSSR count). The predicted octanol–water partition coefficient (Wildman–Crippen LogP) is 3.74. The molecule has 0 saturated carbocycles. The molecule has 0 spiro atoms. The van der Waals surface area contributed by atoms with Crippen LogP contribution in [-0.4, -0.2) is 51.1 Å². The fourth-order valence-corrected chi connectivity index (χ4v) is 3.41. The van der Waals surface area contributed by atoms with Crippen LogP contribution in [0, 0.1) is 5.82 Å². The molecule has 0 saturated heterocycles. The van der Waals surface area contributed by atoms with Gasteiger partial charge < -0.3 is 10.2 Å². The zero-order chi connectivity index (χ0) is 21.7. The maximum atomic E-state index is 13.1. The van der Waals surface area contributed by atoms with Crippen molar-refractivity contribution in [1.29, 1.82) is 0 Å². The lowest BCUT2D eigenvalue weighted by Gasteiger charge is -2.22. The van der Waals surface area contributed by atoms with Crippen molar-refractivity contribution in [2.75, 3.05) is 20.6 Å². The van der Waals surface area contributed by atoms with Crippen LogP contribution in [-0.2, 0) is 20.0 Å². The summed E-state index contributed by atoms with van der Waals surface area (Å²) in [6, 6.07) is 8.27. The maximum absolute atomic E-state index is 13.1. The van der Waals surface area contributed by atoms with Crippen LogP contribution in [0.2, 0.25) is 0 Å². The Balaban J connectivity index is 0.00000341. The van der Waals surface area contributed by atoms with Crippen LogP contribution < -0.4 is 5.32 Å². The van der Waals surface area contributed by atoms with Gasteiger partial charge in [-0.05, 0) is 36.2 Å². The highest BCUT2D eigenvalue weighted by Gasteiger charge is 2.15. The van der Waals surface area contributed by atoms with E-state index in [9.17, 15) is 4.39 Å². The predicted molar refractivity (Wildman–Crippen MR) is 133 cm³/mol. The minimum atomic E-state index is -0.252. The Labute approximate surface area is 200 Å². The lowest BCUT2D eigenvalue weighted by molar-refractivity contribution is 0.473. The molecule has 0 unspecified atom stereocenters. The summed E-state index contributed by atoms with van der Waals surface area (Å²) in [4.78, 5) is 6.50. The molecule has 3 aromatic rings. The largest absolute Gasteiger partial charge is 0.356 e. The molecule has 2 aromatic heterocycles. The van der Waals surface area contributed by atoms with Crippen LogP contribution >= 0.6 is 24.0 Å². The third-order valence-electron chi connectivity index (χ3n) is 4.86. The first-order valence-electron chi connectivity index (χ1n) is 10.1. The molecule has 0 bridgehead atoms. The molecule has 0 aliphatic rings. The van der Waals surface area contributed by atoms with E-state index < -0.39 is 0 Å². The molecule has 0 aliphatic carbocycles. The van der Waals surface area contributed by atoms with Gasteiger partial charge in [0.05, 0.1) is 17.1 Å². The van der Waals surface area contributed by atoms with Gasteiger partial charge in [0.1, 0.15) is 5.82 Å². The Hall–Kier alpha value is -2.43. The Morgan fingerprint density at radius 1 is 1.19 bits per heavy atom. The van der Waals surface area contributed by atoms with Crippen molar-refractivity contribution in [1.82, 2.24) is 29.8 Å². The molecule has 0 atom stereocenters. The summed E-state index contributed by atoms with van der Waals surface area (Å²) < 4.78 is 16.7. The highest BCUT2D eigenvalue weighted by Crippen LogP contribution is 2.18. The third-order valence-corrected chi connectivity index (χ3v) is 4.86. The van der Waals surface area contributed by atoms with Gasteiger partial charge in [0.15, 0.2) is 5.96 Å². The number of hydrogen-bond acceptors (Lipinski definition) is 3. The average molecular weight is 539 g/mol. The lowest BCUT2D eigenvalue weighted by atomic mass is 10.1. The number of rotatable bonds is 7. The number of halogens is 2. The van der Waals surface area contributed by atoms with Gasteiger partial charge in [-0.15, -0.1) is 24.0 Å². The number of benzene rings is 1. The Kier molecular flexibility index (Phi) is 9.02. The summed E-state index contributed by atoms with van der Waals surface area (Å²) in [6.07, 6.45) is 4.71. The minimum Gasteiger partial charge on any atom is -0.356 e. The van der Waals surface area contributed by atoms with E-state index in [0.29, 0.717) is 12.5 Å². The number of aliphatic imine (C=N–C) groups is 1. The quantitative estimate of drug-likeness (QED) is 0.283. The number of hydrogen-bond donors (Lipinski definition) is 1. The Morgan fingerprint density at radius 2 is 1.90 bits per heavy atom. The van der Waals surface area contributed by atoms with Crippen molar-refractivity contribution >= 4 is 29.9 Å². The number of aromatic nitrogens is 4. The highest BCUT2D eigenvalue weighted by molar-refractivity contribution is 14.0. The summed E-state index contributed by atoms with van der Waals surface area (Å²) in [6.45, 7) is 5.76. The summed E-state index contributed by atoms with van der Waals surface area (Å²) in [5.74, 6) is 0.949. The van der Waals surface area contributed by atoms with Crippen LogP contribution in [0.3, 0.4) is 0 Å². The SMILES string of the molecule is CN=C(NCCc1ccn(-c2ccc(F)cc2)n1)N(C)Cc1cn(C)nc1C(C)C.I. The molecule has 0 amide bonds.